The van der Waals surface area contributed by atoms with Crippen LogP contribution in [0.15, 0.2) is 29.2 Å². The molecule has 0 spiro atoms. The third kappa shape index (κ3) is 5.40. The van der Waals surface area contributed by atoms with E-state index >= 15 is 0 Å². The van der Waals surface area contributed by atoms with E-state index in [1.54, 1.807) is 11.9 Å². The van der Waals surface area contributed by atoms with Crippen LogP contribution >= 0.6 is 0 Å². The molecule has 1 saturated carbocycles. The lowest BCUT2D eigenvalue weighted by atomic mass is 9.96. The van der Waals surface area contributed by atoms with Crippen LogP contribution < -0.4 is 0 Å². The molecule has 1 heterocycles. The molecule has 3 rings (SSSR count). The largest absolute Gasteiger partial charge is 0.452 e. The van der Waals surface area contributed by atoms with Gasteiger partial charge in [0.05, 0.1) is 10.5 Å². The first kappa shape index (κ1) is 22.7. The Morgan fingerprint density at radius 2 is 1.63 bits per heavy atom. The molecular weight excluding hydrogens is 404 g/mol. The minimum Gasteiger partial charge on any atom is -0.452 e. The maximum atomic E-state index is 12.9. The summed E-state index contributed by atoms with van der Waals surface area (Å²) in [6.45, 7) is 3.26. The number of piperidine rings is 1. The molecule has 0 unspecified atom stereocenters. The summed E-state index contributed by atoms with van der Waals surface area (Å²) in [5, 5.41) is 0. The summed E-state index contributed by atoms with van der Waals surface area (Å²) in [7, 11) is -1.98. The molecule has 1 aliphatic carbocycles. The highest BCUT2D eigenvalue weighted by molar-refractivity contribution is 7.89. The fraction of sp³-hybridized carbons (Fsp3) is 0.636. The van der Waals surface area contributed by atoms with Crippen molar-refractivity contribution in [3.05, 3.63) is 29.8 Å². The molecule has 30 heavy (non-hydrogen) atoms. The number of esters is 1. The fourth-order valence-electron chi connectivity index (χ4n) is 4.13. The number of sulfonamides is 1. The van der Waals surface area contributed by atoms with Crippen molar-refractivity contribution in [1.29, 1.82) is 0 Å². The molecule has 7 nitrogen and oxygen atoms in total. The SMILES string of the molecule is CC1CCN(C(=O)COC(=O)c2ccc(S(=O)(=O)N(C)C3CCCCC3)cc2)CC1. The number of carbonyl (C=O) groups is 2. The van der Waals surface area contributed by atoms with Crippen LogP contribution in [0.25, 0.3) is 0 Å². The van der Waals surface area contributed by atoms with E-state index in [0.29, 0.717) is 19.0 Å². The Kier molecular flexibility index (Phi) is 7.52. The normalized spacial score (nSPS) is 19.1. The molecule has 0 N–H and O–H groups in total. The van der Waals surface area contributed by atoms with E-state index in [9.17, 15) is 18.0 Å². The van der Waals surface area contributed by atoms with Gasteiger partial charge < -0.3 is 9.64 Å². The van der Waals surface area contributed by atoms with Crippen LogP contribution in [-0.4, -0.2) is 62.3 Å². The standard InChI is InChI=1S/C22H32N2O5S/c1-17-12-14-24(15-13-17)21(25)16-29-22(26)18-8-10-20(11-9-18)30(27,28)23(2)19-6-4-3-5-7-19/h8-11,17,19H,3-7,12-16H2,1-2H3. The Morgan fingerprint density at radius 1 is 1.03 bits per heavy atom. The summed E-state index contributed by atoms with van der Waals surface area (Å²) in [5.41, 5.74) is 0.231. The smallest absolute Gasteiger partial charge is 0.338 e. The summed E-state index contributed by atoms with van der Waals surface area (Å²) in [5.74, 6) is -0.203. The monoisotopic (exact) mass is 436 g/mol. The summed E-state index contributed by atoms with van der Waals surface area (Å²) in [6, 6.07) is 5.77. The zero-order valence-corrected chi connectivity index (χ0v) is 18.7. The Balaban J connectivity index is 1.56. The highest BCUT2D eigenvalue weighted by atomic mass is 32.2. The molecule has 0 radical (unpaired) electrons. The second kappa shape index (κ2) is 9.92. The van der Waals surface area contributed by atoms with Gasteiger partial charge in [-0.15, -0.1) is 0 Å². The average Bonchev–Trinajstić information content (AvgIpc) is 2.77. The van der Waals surface area contributed by atoms with Crippen LogP contribution in [0, 0.1) is 5.92 Å². The molecule has 1 aromatic rings. The number of benzene rings is 1. The number of amides is 1. The van der Waals surface area contributed by atoms with Gasteiger partial charge in [0.2, 0.25) is 10.0 Å². The van der Waals surface area contributed by atoms with Gasteiger partial charge in [0, 0.05) is 26.2 Å². The Bertz CT molecular complexity index is 839. The van der Waals surface area contributed by atoms with Gasteiger partial charge in [-0.1, -0.05) is 26.2 Å². The number of likely N-dealkylation sites (tertiary alicyclic amines) is 1. The van der Waals surface area contributed by atoms with Crippen LogP contribution in [0.5, 0.6) is 0 Å². The molecule has 1 saturated heterocycles. The van der Waals surface area contributed by atoms with E-state index < -0.39 is 16.0 Å². The van der Waals surface area contributed by atoms with Crippen LogP contribution in [-0.2, 0) is 19.6 Å². The molecule has 1 aromatic carbocycles. The molecule has 0 aromatic heterocycles. The minimum absolute atomic E-state index is 0.0252. The molecule has 2 aliphatic rings. The predicted octanol–water partition coefficient (Wildman–Crippen LogP) is 3.06. The highest BCUT2D eigenvalue weighted by Gasteiger charge is 2.29. The summed E-state index contributed by atoms with van der Waals surface area (Å²) in [4.78, 5) is 26.4. The lowest BCUT2D eigenvalue weighted by Gasteiger charge is -2.30. The number of rotatable bonds is 6. The Morgan fingerprint density at radius 3 is 2.23 bits per heavy atom. The zero-order chi connectivity index (χ0) is 21.7. The van der Waals surface area contributed by atoms with Gasteiger partial charge in [-0.05, 0) is 55.9 Å². The Labute approximate surface area is 179 Å². The summed E-state index contributed by atoms with van der Waals surface area (Å²) >= 11 is 0. The maximum Gasteiger partial charge on any atom is 0.338 e. The topological polar surface area (TPSA) is 84.0 Å². The molecule has 0 atom stereocenters. The van der Waals surface area contributed by atoms with Crippen LogP contribution in [0.3, 0.4) is 0 Å². The first-order chi connectivity index (χ1) is 14.3. The molecule has 1 amide bonds. The van der Waals surface area contributed by atoms with E-state index in [1.807, 2.05) is 0 Å². The first-order valence-corrected chi connectivity index (χ1v) is 12.3. The third-order valence-electron chi connectivity index (χ3n) is 6.32. The van der Waals surface area contributed by atoms with Crippen molar-refractivity contribution < 1.29 is 22.7 Å². The van der Waals surface area contributed by atoms with E-state index in [1.165, 1.54) is 28.6 Å². The van der Waals surface area contributed by atoms with Gasteiger partial charge in [0.25, 0.3) is 5.91 Å². The van der Waals surface area contributed by atoms with Gasteiger partial charge >= 0.3 is 5.97 Å². The third-order valence-corrected chi connectivity index (χ3v) is 8.24. The number of ether oxygens (including phenoxy) is 1. The van der Waals surface area contributed by atoms with Crippen molar-refractivity contribution in [2.24, 2.45) is 5.92 Å². The molecule has 166 valence electrons. The predicted molar refractivity (Wildman–Crippen MR) is 114 cm³/mol. The first-order valence-electron chi connectivity index (χ1n) is 10.8. The summed E-state index contributed by atoms with van der Waals surface area (Å²) < 4.78 is 32.4. The second-order valence-electron chi connectivity index (χ2n) is 8.48. The van der Waals surface area contributed by atoms with Gasteiger partial charge in [-0.25, -0.2) is 13.2 Å². The van der Waals surface area contributed by atoms with Gasteiger partial charge in [-0.2, -0.15) is 4.31 Å². The lowest BCUT2D eigenvalue weighted by molar-refractivity contribution is -0.135. The van der Waals surface area contributed by atoms with Crippen LogP contribution in [0.2, 0.25) is 0 Å². The van der Waals surface area contributed by atoms with Crippen molar-refractivity contribution in [2.75, 3.05) is 26.7 Å². The molecule has 0 bridgehead atoms. The fourth-order valence-corrected chi connectivity index (χ4v) is 5.55. The van der Waals surface area contributed by atoms with Crippen LogP contribution in [0.4, 0.5) is 0 Å². The zero-order valence-electron chi connectivity index (χ0n) is 17.9. The van der Waals surface area contributed by atoms with E-state index in [-0.39, 0.29) is 29.0 Å². The van der Waals surface area contributed by atoms with Crippen molar-refractivity contribution in [1.82, 2.24) is 9.21 Å². The van der Waals surface area contributed by atoms with E-state index in [0.717, 1.165) is 44.9 Å². The lowest BCUT2D eigenvalue weighted by Crippen LogP contribution is -2.40. The number of hydrogen-bond donors (Lipinski definition) is 0. The number of hydrogen-bond acceptors (Lipinski definition) is 5. The summed E-state index contributed by atoms with van der Waals surface area (Å²) in [6.07, 6.45) is 6.93. The van der Waals surface area contributed by atoms with Crippen molar-refractivity contribution in [2.45, 2.75) is 62.8 Å². The number of carbonyl (C=O) groups excluding carboxylic acids is 2. The van der Waals surface area contributed by atoms with Gasteiger partial charge in [0.1, 0.15) is 0 Å². The highest BCUT2D eigenvalue weighted by Crippen LogP contribution is 2.26. The second-order valence-corrected chi connectivity index (χ2v) is 10.5. The average molecular weight is 437 g/mol. The quantitative estimate of drug-likeness (QED) is 0.640. The Hall–Kier alpha value is -1.93. The van der Waals surface area contributed by atoms with E-state index in [4.69, 9.17) is 4.74 Å². The van der Waals surface area contributed by atoms with E-state index in [2.05, 4.69) is 6.92 Å². The molecule has 2 fully saturated rings. The maximum absolute atomic E-state index is 12.9. The van der Waals surface area contributed by atoms with Gasteiger partial charge in [-0.3, -0.25) is 4.79 Å². The minimum atomic E-state index is -3.61. The molecule has 8 heteroatoms. The molecule has 1 aliphatic heterocycles. The van der Waals surface area contributed by atoms with Crippen molar-refractivity contribution in [3.8, 4) is 0 Å². The van der Waals surface area contributed by atoms with Crippen LogP contribution in [0.1, 0.15) is 62.2 Å². The van der Waals surface area contributed by atoms with Crippen molar-refractivity contribution >= 4 is 21.9 Å². The molecular formula is C22H32N2O5S. The van der Waals surface area contributed by atoms with Gasteiger partial charge in [0.15, 0.2) is 6.61 Å². The number of nitrogens with zero attached hydrogens (tertiary/aromatic N) is 2. The van der Waals surface area contributed by atoms with Crippen molar-refractivity contribution in [3.63, 3.8) is 0 Å².